The third-order valence-corrected chi connectivity index (χ3v) is 7.15. The average molecular weight is 558 g/mol. The highest BCUT2D eigenvalue weighted by atomic mass is 79.9. The molecule has 5 aromatic rings. The summed E-state index contributed by atoms with van der Waals surface area (Å²) < 4.78 is 4.62. The molecule has 0 saturated carbocycles. The van der Waals surface area contributed by atoms with Crippen LogP contribution in [0.4, 0.5) is 0 Å². The number of nitrogens with zero attached hydrogens (tertiary/aromatic N) is 6. The fraction of sp³-hybridized carbons (Fsp3) is 0.250. The minimum Gasteiger partial charge on any atom is -0.292 e. The summed E-state index contributed by atoms with van der Waals surface area (Å²) in [7, 11) is 0. The minimum absolute atomic E-state index is 0.0246. The molecule has 8 nitrogen and oxygen atoms in total. The van der Waals surface area contributed by atoms with Crippen LogP contribution in [0, 0.1) is 0 Å². The van der Waals surface area contributed by atoms with Gasteiger partial charge in [0.05, 0.1) is 12.2 Å². The van der Waals surface area contributed by atoms with E-state index in [-0.39, 0.29) is 5.69 Å². The van der Waals surface area contributed by atoms with E-state index in [1.54, 1.807) is 10.8 Å². The van der Waals surface area contributed by atoms with E-state index >= 15 is 0 Å². The van der Waals surface area contributed by atoms with Gasteiger partial charge < -0.3 is 0 Å². The van der Waals surface area contributed by atoms with E-state index in [0.29, 0.717) is 18.1 Å². The number of benzene rings is 2. The number of imidazole rings is 1. The molecule has 5 rings (SSSR count). The number of nitrogens with one attached hydrogen (secondary N) is 1. The van der Waals surface area contributed by atoms with Crippen molar-refractivity contribution in [2.45, 2.75) is 46.1 Å². The molecule has 0 bridgehead atoms. The van der Waals surface area contributed by atoms with Gasteiger partial charge in [-0.3, -0.25) is 14.1 Å². The maximum atomic E-state index is 13.7. The van der Waals surface area contributed by atoms with Crippen LogP contribution in [0.25, 0.3) is 28.3 Å². The third kappa shape index (κ3) is 5.04. The van der Waals surface area contributed by atoms with E-state index < -0.39 is 0 Å². The first kappa shape index (κ1) is 24.8. The Morgan fingerprint density at radius 3 is 2.59 bits per heavy atom. The standard InChI is InChI=1S/C28H28BrN7O/c1-3-5-9-22-18-36(26-20(4-2)8-6-11-24(26)29)28(37)35(22)17-19-12-14-21(15-13-19)23-10-7-16-30-25(23)27-31-33-34-32-27/h6-8,10-16,18H,3-5,9,17H2,1-2H3,(H,31,32,33,34). The lowest BCUT2D eigenvalue weighted by molar-refractivity contribution is 0.673. The Balaban J connectivity index is 1.50. The number of pyridine rings is 1. The fourth-order valence-corrected chi connectivity index (χ4v) is 5.18. The summed E-state index contributed by atoms with van der Waals surface area (Å²) in [5.41, 5.74) is 6.70. The van der Waals surface area contributed by atoms with Crippen molar-refractivity contribution >= 4 is 15.9 Å². The molecule has 37 heavy (non-hydrogen) atoms. The number of halogens is 1. The van der Waals surface area contributed by atoms with Gasteiger partial charge in [0.2, 0.25) is 5.82 Å². The molecular weight excluding hydrogens is 530 g/mol. The van der Waals surface area contributed by atoms with Crippen molar-refractivity contribution in [3.05, 3.63) is 98.8 Å². The molecule has 0 unspecified atom stereocenters. The number of para-hydroxylation sites is 1. The van der Waals surface area contributed by atoms with Crippen molar-refractivity contribution in [2.75, 3.05) is 0 Å². The quantitative estimate of drug-likeness (QED) is 0.254. The number of hydrogen-bond donors (Lipinski definition) is 1. The first-order valence-corrected chi connectivity index (χ1v) is 13.3. The Labute approximate surface area is 223 Å². The van der Waals surface area contributed by atoms with Crippen molar-refractivity contribution in [3.8, 4) is 28.3 Å². The van der Waals surface area contributed by atoms with Crippen LogP contribution in [0.2, 0.25) is 0 Å². The van der Waals surface area contributed by atoms with Gasteiger partial charge in [-0.2, -0.15) is 5.21 Å². The first-order chi connectivity index (χ1) is 18.1. The predicted molar refractivity (Wildman–Crippen MR) is 148 cm³/mol. The van der Waals surface area contributed by atoms with Crippen LogP contribution in [0.1, 0.15) is 43.5 Å². The van der Waals surface area contributed by atoms with Gasteiger partial charge in [-0.1, -0.05) is 62.7 Å². The molecule has 0 aliphatic carbocycles. The van der Waals surface area contributed by atoms with E-state index in [1.807, 2.05) is 47.2 Å². The summed E-state index contributed by atoms with van der Waals surface area (Å²) in [4.78, 5) is 18.2. The summed E-state index contributed by atoms with van der Waals surface area (Å²) in [6.07, 6.45) is 7.52. The first-order valence-electron chi connectivity index (χ1n) is 12.5. The van der Waals surface area contributed by atoms with Crippen molar-refractivity contribution in [1.82, 2.24) is 34.7 Å². The van der Waals surface area contributed by atoms with Crippen LogP contribution in [0.15, 0.2) is 76.3 Å². The summed E-state index contributed by atoms with van der Waals surface area (Å²) in [5.74, 6) is 0.451. The van der Waals surface area contributed by atoms with Crippen molar-refractivity contribution in [2.24, 2.45) is 0 Å². The number of aromatic nitrogens is 7. The number of aromatic amines is 1. The van der Waals surface area contributed by atoms with E-state index in [2.05, 4.69) is 73.6 Å². The molecule has 2 aromatic carbocycles. The van der Waals surface area contributed by atoms with Gasteiger partial charge in [0.15, 0.2) is 0 Å². The fourth-order valence-electron chi connectivity index (χ4n) is 4.58. The lowest BCUT2D eigenvalue weighted by Crippen LogP contribution is -2.25. The van der Waals surface area contributed by atoms with E-state index in [9.17, 15) is 4.79 Å². The van der Waals surface area contributed by atoms with Crippen molar-refractivity contribution < 1.29 is 0 Å². The summed E-state index contributed by atoms with van der Waals surface area (Å²) in [6.45, 7) is 4.78. The van der Waals surface area contributed by atoms with Crippen LogP contribution in [0.5, 0.6) is 0 Å². The van der Waals surface area contributed by atoms with Crippen LogP contribution < -0.4 is 5.69 Å². The largest absolute Gasteiger partial charge is 0.333 e. The Hall–Kier alpha value is -3.85. The second kappa shape index (κ2) is 11.0. The average Bonchev–Trinajstić information content (AvgIpc) is 3.57. The zero-order valence-corrected chi connectivity index (χ0v) is 22.4. The monoisotopic (exact) mass is 557 g/mol. The molecule has 0 spiro atoms. The van der Waals surface area contributed by atoms with Crippen molar-refractivity contribution in [1.29, 1.82) is 0 Å². The predicted octanol–water partition coefficient (Wildman–Crippen LogP) is 5.60. The molecule has 1 N–H and O–H groups in total. The summed E-state index contributed by atoms with van der Waals surface area (Å²) >= 11 is 3.67. The number of rotatable bonds is 9. The van der Waals surface area contributed by atoms with Gasteiger partial charge in [0.25, 0.3) is 0 Å². The lowest BCUT2D eigenvalue weighted by atomic mass is 10.0. The molecule has 9 heteroatoms. The van der Waals surface area contributed by atoms with Crippen LogP contribution in [0.3, 0.4) is 0 Å². The molecule has 3 heterocycles. The Kier molecular flexibility index (Phi) is 7.41. The maximum Gasteiger partial charge on any atom is 0.333 e. The molecule has 0 aliphatic rings. The van der Waals surface area contributed by atoms with Gasteiger partial charge in [-0.25, -0.2) is 4.79 Å². The van der Waals surface area contributed by atoms with E-state index in [0.717, 1.165) is 63.8 Å². The van der Waals surface area contributed by atoms with E-state index in [1.165, 1.54) is 0 Å². The molecule has 0 atom stereocenters. The van der Waals surface area contributed by atoms with Gasteiger partial charge in [0, 0.05) is 28.1 Å². The normalized spacial score (nSPS) is 11.2. The highest BCUT2D eigenvalue weighted by Crippen LogP contribution is 2.28. The summed E-state index contributed by atoms with van der Waals surface area (Å²) in [6, 6.07) is 18.2. The SMILES string of the molecule is CCCCc1cn(-c2c(Br)cccc2CC)c(=O)n1Cc1ccc(-c2cccnc2-c2nn[nH]n2)cc1. The maximum absolute atomic E-state index is 13.7. The van der Waals surface area contributed by atoms with Gasteiger partial charge in [0.1, 0.15) is 5.69 Å². The minimum atomic E-state index is -0.0246. The van der Waals surface area contributed by atoms with Crippen LogP contribution >= 0.6 is 15.9 Å². The number of unbranched alkanes of at least 4 members (excludes halogenated alkanes) is 1. The summed E-state index contributed by atoms with van der Waals surface area (Å²) in [5, 5.41) is 14.3. The number of hydrogen-bond acceptors (Lipinski definition) is 5. The molecule has 0 saturated heterocycles. The molecule has 0 aliphatic heterocycles. The van der Waals surface area contributed by atoms with Crippen LogP contribution in [-0.4, -0.2) is 34.7 Å². The molecule has 0 amide bonds. The van der Waals surface area contributed by atoms with Crippen LogP contribution in [-0.2, 0) is 19.4 Å². The zero-order valence-electron chi connectivity index (χ0n) is 20.9. The number of H-pyrrole nitrogens is 1. The Morgan fingerprint density at radius 2 is 1.86 bits per heavy atom. The zero-order chi connectivity index (χ0) is 25.8. The lowest BCUT2D eigenvalue weighted by Gasteiger charge is -2.11. The van der Waals surface area contributed by atoms with Crippen molar-refractivity contribution in [3.63, 3.8) is 0 Å². The number of tetrazole rings is 1. The topological polar surface area (TPSA) is 94.3 Å². The molecule has 0 radical (unpaired) electrons. The Bertz CT molecular complexity index is 1550. The highest BCUT2D eigenvalue weighted by Gasteiger charge is 2.17. The number of aryl methyl sites for hydroxylation is 2. The highest BCUT2D eigenvalue weighted by molar-refractivity contribution is 9.10. The third-order valence-electron chi connectivity index (χ3n) is 6.51. The smallest absolute Gasteiger partial charge is 0.292 e. The molecule has 188 valence electrons. The Morgan fingerprint density at radius 1 is 1.03 bits per heavy atom. The molecular formula is C28H28BrN7O. The van der Waals surface area contributed by atoms with E-state index in [4.69, 9.17) is 0 Å². The second-order valence-corrected chi connectivity index (χ2v) is 9.75. The van der Waals surface area contributed by atoms with Gasteiger partial charge in [-0.05, 0) is 69.2 Å². The molecule has 3 aromatic heterocycles. The second-order valence-electron chi connectivity index (χ2n) is 8.90. The van der Waals surface area contributed by atoms with Gasteiger partial charge in [-0.15, -0.1) is 10.2 Å². The van der Waals surface area contributed by atoms with Gasteiger partial charge >= 0.3 is 5.69 Å². The molecule has 0 fully saturated rings.